The van der Waals surface area contributed by atoms with E-state index in [2.05, 4.69) is 20.8 Å². The molecular weight excluding hydrogens is 136 g/mol. The van der Waals surface area contributed by atoms with Gasteiger partial charge >= 0.3 is 0 Å². The molecular formula is C10H20O. The summed E-state index contributed by atoms with van der Waals surface area (Å²) in [4.78, 5) is 0. The van der Waals surface area contributed by atoms with Gasteiger partial charge < -0.3 is 4.74 Å². The van der Waals surface area contributed by atoms with Crippen molar-refractivity contribution in [1.29, 1.82) is 0 Å². The molecule has 1 heteroatoms. The maximum absolute atomic E-state index is 5.48. The summed E-state index contributed by atoms with van der Waals surface area (Å²) in [5, 5.41) is 0. The molecule has 0 aromatic carbocycles. The third-order valence-electron chi connectivity index (χ3n) is 2.93. The summed E-state index contributed by atoms with van der Waals surface area (Å²) in [6, 6.07) is 0. The second kappa shape index (κ2) is 4.10. The lowest BCUT2D eigenvalue weighted by atomic mass is 9.79. The number of rotatable bonds is 2. The predicted molar refractivity (Wildman–Crippen MR) is 47.5 cm³/mol. The minimum Gasteiger partial charge on any atom is -0.381 e. The third-order valence-corrected chi connectivity index (χ3v) is 2.93. The van der Waals surface area contributed by atoms with E-state index >= 15 is 0 Å². The summed E-state index contributed by atoms with van der Waals surface area (Å²) in [6.45, 7) is 8.90. The van der Waals surface area contributed by atoms with Gasteiger partial charge in [-0.3, -0.25) is 0 Å². The molecule has 0 N–H and O–H groups in total. The van der Waals surface area contributed by atoms with Crippen LogP contribution in [0.25, 0.3) is 0 Å². The molecule has 1 aliphatic rings. The zero-order chi connectivity index (χ0) is 8.27. The van der Waals surface area contributed by atoms with E-state index < -0.39 is 0 Å². The molecule has 0 aromatic heterocycles. The van der Waals surface area contributed by atoms with Crippen molar-refractivity contribution in [1.82, 2.24) is 0 Å². The first kappa shape index (κ1) is 9.05. The maximum Gasteiger partial charge on any atom is 0.0499 e. The van der Waals surface area contributed by atoms with Crippen molar-refractivity contribution in [3.05, 3.63) is 0 Å². The van der Waals surface area contributed by atoms with Crippen molar-refractivity contribution in [2.45, 2.75) is 33.6 Å². The molecule has 11 heavy (non-hydrogen) atoms. The highest BCUT2D eigenvalue weighted by atomic mass is 16.5. The Morgan fingerprint density at radius 1 is 1.45 bits per heavy atom. The molecule has 2 atom stereocenters. The van der Waals surface area contributed by atoms with E-state index in [0.29, 0.717) is 0 Å². The molecule has 0 amide bonds. The molecule has 0 aliphatic carbocycles. The lowest BCUT2D eigenvalue weighted by Crippen LogP contribution is -2.30. The Bertz CT molecular complexity index is 109. The molecule has 1 rings (SSSR count). The van der Waals surface area contributed by atoms with Gasteiger partial charge in [-0.1, -0.05) is 27.2 Å². The summed E-state index contributed by atoms with van der Waals surface area (Å²) >= 11 is 0. The van der Waals surface area contributed by atoms with Gasteiger partial charge in [0, 0.05) is 13.2 Å². The normalized spacial score (nSPS) is 32.7. The first-order chi connectivity index (χ1) is 5.25. The fourth-order valence-electron chi connectivity index (χ4n) is 2.05. The van der Waals surface area contributed by atoms with Gasteiger partial charge in [-0.15, -0.1) is 0 Å². The summed E-state index contributed by atoms with van der Waals surface area (Å²) in [5.41, 5.74) is 0. The lowest BCUT2D eigenvalue weighted by Gasteiger charge is -2.33. The summed E-state index contributed by atoms with van der Waals surface area (Å²) in [7, 11) is 0. The monoisotopic (exact) mass is 156 g/mol. The van der Waals surface area contributed by atoms with Gasteiger partial charge in [0.25, 0.3) is 0 Å². The summed E-state index contributed by atoms with van der Waals surface area (Å²) < 4.78 is 5.48. The average Bonchev–Trinajstić information content (AvgIpc) is 2.04. The number of hydrogen-bond donors (Lipinski definition) is 0. The van der Waals surface area contributed by atoms with Gasteiger partial charge in [0.15, 0.2) is 0 Å². The lowest BCUT2D eigenvalue weighted by molar-refractivity contribution is -0.00340. The van der Waals surface area contributed by atoms with E-state index in [-0.39, 0.29) is 0 Å². The van der Waals surface area contributed by atoms with Gasteiger partial charge in [0.2, 0.25) is 0 Å². The Kier molecular flexibility index (Phi) is 3.38. The minimum atomic E-state index is 0.792. The van der Waals surface area contributed by atoms with E-state index in [0.717, 1.165) is 31.0 Å². The van der Waals surface area contributed by atoms with Crippen molar-refractivity contribution in [3.63, 3.8) is 0 Å². The van der Waals surface area contributed by atoms with Crippen molar-refractivity contribution < 1.29 is 4.74 Å². The van der Waals surface area contributed by atoms with Gasteiger partial charge in [0.1, 0.15) is 0 Å². The van der Waals surface area contributed by atoms with E-state index in [1.54, 1.807) is 0 Å². The minimum absolute atomic E-state index is 0.792. The molecule has 1 saturated heterocycles. The molecule has 0 bridgehead atoms. The number of hydrogen-bond acceptors (Lipinski definition) is 1. The van der Waals surface area contributed by atoms with Crippen molar-refractivity contribution >= 4 is 0 Å². The molecule has 66 valence electrons. The van der Waals surface area contributed by atoms with Crippen LogP contribution in [0.5, 0.6) is 0 Å². The summed E-state index contributed by atoms with van der Waals surface area (Å²) in [5.74, 6) is 2.53. The smallest absolute Gasteiger partial charge is 0.0499 e. The first-order valence-corrected chi connectivity index (χ1v) is 4.83. The van der Waals surface area contributed by atoms with E-state index in [4.69, 9.17) is 4.74 Å². The van der Waals surface area contributed by atoms with E-state index in [1.807, 2.05) is 0 Å². The van der Waals surface area contributed by atoms with Crippen molar-refractivity contribution in [3.8, 4) is 0 Å². The largest absolute Gasteiger partial charge is 0.381 e. The van der Waals surface area contributed by atoms with Gasteiger partial charge in [-0.05, 0) is 24.2 Å². The molecule has 1 fully saturated rings. The molecule has 0 unspecified atom stereocenters. The van der Waals surface area contributed by atoms with E-state index in [9.17, 15) is 0 Å². The first-order valence-electron chi connectivity index (χ1n) is 4.83. The third kappa shape index (κ3) is 2.19. The molecule has 1 heterocycles. The van der Waals surface area contributed by atoms with E-state index in [1.165, 1.54) is 12.8 Å². The van der Waals surface area contributed by atoms with Crippen LogP contribution in [0.1, 0.15) is 33.6 Å². The maximum atomic E-state index is 5.48. The molecule has 0 aromatic rings. The van der Waals surface area contributed by atoms with Gasteiger partial charge in [0.05, 0.1) is 0 Å². The Morgan fingerprint density at radius 2 is 2.18 bits per heavy atom. The fourth-order valence-corrected chi connectivity index (χ4v) is 2.05. The second-order valence-electron chi connectivity index (χ2n) is 3.94. The van der Waals surface area contributed by atoms with Crippen LogP contribution >= 0.6 is 0 Å². The van der Waals surface area contributed by atoms with Crippen LogP contribution in [0.3, 0.4) is 0 Å². The highest BCUT2D eigenvalue weighted by Gasteiger charge is 2.26. The highest BCUT2D eigenvalue weighted by Crippen LogP contribution is 2.30. The average molecular weight is 156 g/mol. The predicted octanol–water partition coefficient (Wildman–Crippen LogP) is 2.71. The van der Waals surface area contributed by atoms with Crippen molar-refractivity contribution in [2.75, 3.05) is 13.2 Å². The standard InChI is InChI=1S/C10H20O/c1-4-9-5-6-11-7-10(9)8(2)3/h8-10H,4-7H2,1-3H3/t9-,10-/m1/s1. The second-order valence-corrected chi connectivity index (χ2v) is 3.94. The SMILES string of the molecule is CC[C@@H]1CCOC[C@@H]1C(C)C. The quantitative estimate of drug-likeness (QED) is 0.597. The molecule has 0 spiro atoms. The summed E-state index contributed by atoms with van der Waals surface area (Å²) in [6.07, 6.45) is 2.60. The van der Waals surface area contributed by atoms with Crippen molar-refractivity contribution in [2.24, 2.45) is 17.8 Å². The van der Waals surface area contributed by atoms with Crippen LogP contribution in [0.2, 0.25) is 0 Å². The van der Waals surface area contributed by atoms with Crippen LogP contribution in [0, 0.1) is 17.8 Å². The van der Waals surface area contributed by atoms with Crippen LogP contribution in [0.15, 0.2) is 0 Å². The Balaban J connectivity index is 2.44. The number of ether oxygens (including phenoxy) is 1. The van der Waals surface area contributed by atoms with Crippen LogP contribution in [-0.2, 0) is 4.74 Å². The molecule has 1 nitrogen and oxygen atoms in total. The molecule has 1 aliphatic heterocycles. The van der Waals surface area contributed by atoms with Gasteiger partial charge in [-0.2, -0.15) is 0 Å². The Hall–Kier alpha value is -0.0400. The zero-order valence-corrected chi connectivity index (χ0v) is 7.97. The van der Waals surface area contributed by atoms with Crippen LogP contribution in [0.4, 0.5) is 0 Å². The van der Waals surface area contributed by atoms with Crippen LogP contribution in [-0.4, -0.2) is 13.2 Å². The Labute approximate surface area is 70.1 Å². The molecule has 0 radical (unpaired) electrons. The zero-order valence-electron chi connectivity index (χ0n) is 7.97. The topological polar surface area (TPSA) is 9.23 Å². The van der Waals surface area contributed by atoms with Crippen LogP contribution < -0.4 is 0 Å². The van der Waals surface area contributed by atoms with Gasteiger partial charge in [-0.25, -0.2) is 0 Å². The fraction of sp³-hybridized carbons (Fsp3) is 1.00. The molecule has 0 saturated carbocycles. The highest BCUT2D eigenvalue weighted by molar-refractivity contribution is 4.74. The Morgan fingerprint density at radius 3 is 2.64 bits per heavy atom.